The molecule has 0 atom stereocenters. The van der Waals surface area contributed by atoms with Gasteiger partial charge in [-0.25, -0.2) is 14.8 Å². The van der Waals surface area contributed by atoms with Gasteiger partial charge in [0.2, 0.25) is 0 Å². The molecule has 0 fully saturated rings. The van der Waals surface area contributed by atoms with Crippen molar-refractivity contribution in [3.63, 3.8) is 0 Å². The fourth-order valence-electron chi connectivity index (χ4n) is 2.09. The van der Waals surface area contributed by atoms with Crippen molar-refractivity contribution in [2.75, 3.05) is 0 Å². The second-order valence-corrected chi connectivity index (χ2v) is 6.24. The van der Waals surface area contributed by atoms with Gasteiger partial charge in [0, 0.05) is 15.6 Å². The van der Waals surface area contributed by atoms with Crippen LogP contribution in [0.5, 0.6) is 0 Å². The highest BCUT2D eigenvalue weighted by Gasteiger charge is 2.15. The predicted octanol–water partition coefficient (Wildman–Crippen LogP) is 3.60. The Kier molecular flexibility index (Phi) is 2.38. The van der Waals surface area contributed by atoms with Crippen LogP contribution >= 0.6 is 22.7 Å². The number of rotatable bonds is 2. The van der Waals surface area contributed by atoms with Gasteiger partial charge >= 0.3 is 5.97 Å². The molecule has 0 saturated heterocycles. The van der Waals surface area contributed by atoms with Crippen molar-refractivity contribution in [1.82, 2.24) is 15.0 Å². The van der Waals surface area contributed by atoms with Gasteiger partial charge in [0.15, 0.2) is 11.5 Å². The Labute approximate surface area is 120 Å². The molecular weight excluding hydrogens is 294 g/mol. The molecule has 5 nitrogen and oxygen atoms in total. The van der Waals surface area contributed by atoms with Crippen molar-refractivity contribution in [2.45, 2.75) is 0 Å². The number of hydrogen-bond donors (Lipinski definition) is 2. The van der Waals surface area contributed by atoms with Crippen molar-refractivity contribution in [3.8, 4) is 10.7 Å². The Balaban J connectivity index is 1.94. The molecule has 0 amide bonds. The van der Waals surface area contributed by atoms with Crippen molar-refractivity contribution in [3.05, 3.63) is 35.3 Å². The highest BCUT2D eigenvalue weighted by Crippen LogP contribution is 2.35. The topological polar surface area (TPSA) is 78.9 Å². The lowest BCUT2D eigenvalue weighted by atomic mass is 10.2. The summed E-state index contributed by atoms with van der Waals surface area (Å²) in [7, 11) is 0. The Morgan fingerprint density at radius 2 is 2.20 bits per heavy atom. The predicted molar refractivity (Wildman–Crippen MR) is 79.5 cm³/mol. The Hall–Kier alpha value is -2.25. The Morgan fingerprint density at radius 3 is 3.00 bits per heavy atom. The smallest absolute Gasteiger partial charge is 0.338 e. The summed E-state index contributed by atoms with van der Waals surface area (Å²) in [6.45, 7) is 0. The largest absolute Gasteiger partial charge is 0.478 e. The molecule has 2 N–H and O–H groups in total. The molecule has 4 rings (SSSR count). The lowest BCUT2D eigenvalue weighted by molar-refractivity contribution is 0.0699. The molecule has 98 valence electrons. The second-order valence-electron chi connectivity index (χ2n) is 4.21. The zero-order chi connectivity index (χ0) is 13.7. The van der Waals surface area contributed by atoms with Crippen LogP contribution in [0.2, 0.25) is 0 Å². The standard InChI is InChI=1S/C13H7N3O2S2/c17-13(18)6-1-3-14-12-10(6)15-11(16-12)9-5-8-7(20-9)2-4-19-8/h1-5H,(H,17,18)(H,14,15,16). The van der Waals surface area contributed by atoms with E-state index in [1.165, 1.54) is 21.7 Å². The number of aromatic nitrogens is 3. The number of H-pyrrole nitrogens is 1. The third kappa shape index (κ3) is 1.64. The molecule has 4 aromatic heterocycles. The molecule has 0 aliphatic rings. The van der Waals surface area contributed by atoms with Gasteiger partial charge in [-0.1, -0.05) is 0 Å². The quantitative estimate of drug-likeness (QED) is 0.593. The van der Waals surface area contributed by atoms with Gasteiger partial charge < -0.3 is 10.1 Å². The highest BCUT2D eigenvalue weighted by atomic mass is 32.1. The number of aromatic carboxylic acids is 1. The summed E-state index contributed by atoms with van der Waals surface area (Å²) in [5.41, 5.74) is 1.08. The van der Waals surface area contributed by atoms with E-state index < -0.39 is 5.97 Å². The number of thiophene rings is 2. The fourth-order valence-corrected chi connectivity index (χ4v) is 4.14. The summed E-state index contributed by atoms with van der Waals surface area (Å²) in [6.07, 6.45) is 1.46. The number of carboxylic acid groups (broad SMARTS) is 1. The van der Waals surface area contributed by atoms with Crippen LogP contribution in [-0.4, -0.2) is 26.0 Å². The maximum absolute atomic E-state index is 11.2. The van der Waals surface area contributed by atoms with Gasteiger partial charge in [-0.15, -0.1) is 22.7 Å². The third-order valence-corrected chi connectivity index (χ3v) is 5.10. The van der Waals surface area contributed by atoms with E-state index in [4.69, 9.17) is 0 Å². The van der Waals surface area contributed by atoms with Crippen LogP contribution in [0.1, 0.15) is 10.4 Å². The number of carbonyl (C=O) groups is 1. The monoisotopic (exact) mass is 301 g/mol. The minimum atomic E-state index is -0.986. The van der Waals surface area contributed by atoms with E-state index in [0.717, 1.165) is 4.88 Å². The zero-order valence-corrected chi connectivity index (χ0v) is 11.6. The lowest BCUT2D eigenvalue weighted by Crippen LogP contribution is -1.97. The fraction of sp³-hybridized carbons (Fsp3) is 0. The van der Waals surface area contributed by atoms with Crippen LogP contribution in [-0.2, 0) is 0 Å². The van der Waals surface area contributed by atoms with Crippen LogP contribution in [0.3, 0.4) is 0 Å². The van der Waals surface area contributed by atoms with Crippen LogP contribution in [0, 0.1) is 0 Å². The third-order valence-electron chi connectivity index (χ3n) is 3.00. The summed E-state index contributed by atoms with van der Waals surface area (Å²) in [6, 6.07) is 5.60. The normalized spacial score (nSPS) is 11.4. The van der Waals surface area contributed by atoms with Crippen molar-refractivity contribution in [2.24, 2.45) is 0 Å². The van der Waals surface area contributed by atoms with E-state index in [1.54, 1.807) is 22.7 Å². The van der Waals surface area contributed by atoms with E-state index >= 15 is 0 Å². The van der Waals surface area contributed by atoms with Crippen molar-refractivity contribution in [1.29, 1.82) is 0 Å². The van der Waals surface area contributed by atoms with E-state index in [0.29, 0.717) is 17.0 Å². The first kappa shape index (κ1) is 11.6. The molecule has 0 aliphatic heterocycles. The maximum Gasteiger partial charge on any atom is 0.338 e. The molecule has 0 aromatic carbocycles. The molecule has 4 aromatic rings. The molecular formula is C13H7N3O2S2. The van der Waals surface area contributed by atoms with E-state index in [9.17, 15) is 9.90 Å². The first-order valence-corrected chi connectivity index (χ1v) is 7.47. The summed E-state index contributed by atoms with van der Waals surface area (Å²) in [5.74, 6) is -0.325. The number of nitrogens with zero attached hydrogens (tertiary/aromatic N) is 2. The molecule has 4 heterocycles. The molecule has 20 heavy (non-hydrogen) atoms. The van der Waals surface area contributed by atoms with E-state index in [1.807, 2.05) is 5.38 Å². The van der Waals surface area contributed by atoms with Gasteiger partial charge in [-0.05, 0) is 23.6 Å². The van der Waals surface area contributed by atoms with Gasteiger partial charge in [-0.2, -0.15) is 0 Å². The van der Waals surface area contributed by atoms with E-state index in [2.05, 4.69) is 27.1 Å². The number of imidazole rings is 1. The second kappa shape index (κ2) is 4.12. The number of hydrogen-bond acceptors (Lipinski definition) is 5. The van der Waals surface area contributed by atoms with Gasteiger partial charge in [0.25, 0.3) is 0 Å². The minimum Gasteiger partial charge on any atom is -0.478 e. The first-order valence-electron chi connectivity index (χ1n) is 5.78. The molecule has 0 unspecified atom stereocenters. The average Bonchev–Trinajstić information content (AvgIpc) is 3.10. The van der Waals surface area contributed by atoms with Gasteiger partial charge in [0.05, 0.1) is 16.0 Å². The summed E-state index contributed by atoms with van der Waals surface area (Å²) in [5, 5.41) is 11.2. The van der Waals surface area contributed by atoms with Gasteiger partial charge in [0.1, 0.15) is 0 Å². The molecule has 7 heteroatoms. The maximum atomic E-state index is 11.2. The number of fused-ring (bicyclic) bond motifs is 2. The Morgan fingerprint density at radius 1 is 1.30 bits per heavy atom. The number of pyridine rings is 1. The first-order chi connectivity index (χ1) is 9.72. The minimum absolute atomic E-state index is 0.187. The number of nitrogens with one attached hydrogen (secondary N) is 1. The van der Waals surface area contributed by atoms with Crippen LogP contribution in [0.4, 0.5) is 0 Å². The van der Waals surface area contributed by atoms with Crippen LogP contribution in [0.15, 0.2) is 29.8 Å². The van der Waals surface area contributed by atoms with Crippen molar-refractivity contribution >= 4 is 49.2 Å². The highest BCUT2D eigenvalue weighted by molar-refractivity contribution is 7.28. The molecule has 0 aliphatic carbocycles. The SMILES string of the molecule is O=C(O)c1ccnc2nc(-c3cc4sccc4s3)[nH]c12. The lowest BCUT2D eigenvalue weighted by Gasteiger charge is -1.93. The van der Waals surface area contributed by atoms with Gasteiger partial charge in [-0.3, -0.25) is 0 Å². The molecule has 0 spiro atoms. The summed E-state index contributed by atoms with van der Waals surface area (Å²) >= 11 is 3.30. The van der Waals surface area contributed by atoms with Crippen molar-refractivity contribution < 1.29 is 9.90 Å². The summed E-state index contributed by atoms with van der Waals surface area (Å²) < 4.78 is 2.41. The zero-order valence-electron chi connectivity index (χ0n) is 9.95. The number of aromatic amines is 1. The molecule has 0 saturated carbocycles. The van der Waals surface area contributed by atoms with Crippen LogP contribution in [0.25, 0.3) is 31.3 Å². The average molecular weight is 301 g/mol. The Bertz CT molecular complexity index is 922. The summed E-state index contributed by atoms with van der Waals surface area (Å²) in [4.78, 5) is 23.7. The van der Waals surface area contributed by atoms with Crippen LogP contribution < -0.4 is 0 Å². The molecule has 0 radical (unpaired) electrons. The van der Waals surface area contributed by atoms with E-state index in [-0.39, 0.29) is 5.56 Å². The number of carboxylic acids is 1. The molecule has 0 bridgehead atoms.